The first-order valence-electron chi connectivity index (χ1n) is 9.50. The Balaban J connectivity index is 1.51. The molecular weight excluding hydrogens is 354 g/mol. The van der Waals surface area contributed by atoms with E-state index in [-0.39, 0.29) is 23.9 Å². The van der Waals surface area contributed by atoms with E-state index in [1.54, 1.807) is 24.8 Å². The number of pyridine rings is 1. The number of nitrogens with one attached hydrogen (secondary N) is 1. The molecule has 2 aromatic heterocycles. The number of piperazine rings is 1. The van der Waals surface area contributed by atoms with Gasteiger partial charge < -0.3 is 10.2 Å². The summed E-state index contributed by atoms with van der Waals surface area (Å²) in [6.07, 6.45) is 5.34. The summed E-state index contributed by atoms with van der Waals surface area (Å²) in [6, 6.07) is 9.41. The maximum absolute atomic E-state index is 12.9. The molecule has 28 heavy (non-hydrogen) atoms. The van der Waals surface area contributed by atoms with Crippen LogP contribution in [0, 0.1) is 6.92 Å². The van der Waals surface area contributed by atoms with Crippen molar-refractivity contribution < 1.29 is 4.79 Å². The van der Waals surface area contributed by atoms with Crippen LogP contribution in [0.3, 0.4) is 0 Å². The maximum Gasteiger partial charge on any atom is 0.261 e. The molecule has 1 N–H and O–H groups in total. The summed E-state index contributed by atoms with van der Waals surface area (Å²) in [5.74, 6) is 0.0339. The van der Waals surface area contributed by atoms with E-state index < -0.39 is 0 Å². The molecule has 1 aliphatic heterocycles. The van der Waals surface area contributed by atoms with Crippen molar-refractivity contribution in [2.24, 2.45) is 0 Å². The number of para-hydroxylation sites is 1. The molecule has 7 heteroatoms. The Labute approximate surface area is 163 Å². The van der Waals surface area contributed by atoms with Crippen molar-refractivity contribution in [2.75, 3.05) is 19.6 Å². The minimum absolute atomic E-state index is 0.0339. The highest BCUT2D eigenvalue weighted by atomic mass is 16.2. The molecule has 1 aliphatic rings. The fraction of sp³-hybridized carbons (Fsp3) is 0.333. The van der Waals surface area contributed by atoms with Gasteiger partial charge in [-0.2, -0.15) is 0 Å². The Bertz CT molecular complexity index is 1050. The zero-order chi connectivity index (χ0) is 19.5. The average Bonchev–Trinajstić information content (AvgIpc) is 2.74. The number of benzene rings is 1. The van der Waals surface area contributed by atoms with E-state index in [0.29, 0.717) is 30.5 Å². The summed E-state index contributed by atoms with van der Waals surface area (Å²) in [5, 5.41) is 3.93. The van der Waals surface area contributed by atoms with Gasteiger partial charge in [0.05, 0.1) is 23.3 Å². The molecule has 0 saturated carbocycles. The lowest BCUT2D eigenvalue weighted by molar-refractivity contribution is -0.134. The van der Waals surface area contributed by atoms with Gasteiger partial charge in [-0.05, 0) is 30.2 Å². The van der Waals surface area contributed by atoms with E-state index >= 15 is 0 Å². The van der Waals surface area contributed by atoms with Crippen molar-refractivity contribution in [2.45, 2.75) is 25.9 Å². The number of aromatic nitrogens is 3. The van der Waals surface area contributed by atoms with Crippen LogP contribution in [-0.4, -0.2) is 45.0 Å². The molecule has 1 amide bonds. The van der Waals surface area contributed by atoms with E-state index in [1.165, 1.54) is 4.57 Å². The van der Waals surface area contributed by atoms with Gasteiger partial charge in [0, 0.05) is 45.0 Å². The van der Waals surface area contributed by atoms with Crippen molar-refractivity contribution in [3.05, 3.63) is 70.5 Å². The van der Waals surface area contributed by atoms with Gasteiger partial charge in [0.1, 0.15) is 0 Å². The molecule has 3 heterocycles. The molecule has 7 nitrogen and oxygen atoms in total. The maximum atomic E-state index is 12.9. The topological polar surface area (TPSA) is 80.1 Å². The van der Waals surface area contributed by atoms with E-state index in [1.807, 2.05) is 36.1 Å². The number of hydrogen-bond acceptors (Lipinski definition) is 5. The van der Waals surface area contributed by atoms with E-state index in [0.717, 1.165) is 17.7 Å². The first kappa shape index (κ1) is 18.3. The standard InChI is InChI=1S/C21H23N5O2/c1-15-4-2-6-17-20(15)24-14-25(21(17)28)10-7-19(27)26-11-9-23-13-18(26)16-5-3-8-22-12-16/h2-6,8,12,14,18,23H,7,9-11,13H2,1H3. The van der Waals surface area contributed by atoms with Crippen molar-refractivity contribution in [3.8, 4) is 0 Å². The van der Waals surface area contributed by atoms with Gasteiger partial charge in [0.2, 0.25) is 5.91 Å². The van der Waals surface area contributed by atoms with Gasteiger partial charge in [-0.1, -0.05) is 18.2 Å². The van der Waals surface area contributed by atoms with Crippen molar-refractivity contribution in [1.29, 1.82) is 0 Å². The largest absolute Gasteiger partial charge is 0.333 e. The molecule has 144 valence electrons. The summed E-state index contributed by atoms with van der Waals surface area (Å²) in [5.41, 5.74) is 2.60. The second-order valence-electron chi connectivity index (χ2n) is 7.06. The summed E-state index contributed by atoms with van der Waals surface area (Å²) >= 11 is 0. The lowest BCUT2D eigenvalue weighted by atomic mass is 10.0. The molecule has 0 aliphatic carbocycles. The zero-order valence-electron chi connectivity index (χ0n) is 15.8. The third kappa shape index (κ3) is 3.53. The zero-order valence-corrected chi connectivity index (χ0v) is 15.8. The average molecular weight is 377 g/mol. The lowest BCUT2D eigenvalue weighted by Crippen LogP contribution is -2.49. The number of rotatable bonds is 4. The number of fused-ring (bicyclic) bond motifs is 1. The fourth-order valence-electron chi connectivity index (χ4n) is 3.73. The molecule has 1 atom stereocenters. The lowest BCUT2D eigenvalue weighted by Gasteiger charge is -2.36. The second kappa shape index (κ2) is 7.90. The van der Waals surface area contributed by atoms with Crippen LogP contribution in [0.15, 0.2) is 53.8 Å². The Morgan fingerprint density at radius 2 is 2.18 bits per heavy atom. The van der Waals surface area contributed by atoms with Crippen LogP contribution in [0.4, 0.5) is 0 Å². The molecule has 1 saturated heterocycles. The van der Waals surface area contributed by atoms with Crippen molar-refractivity contribution in [3.63, 3.8) is 0 Å². The molecule has 0 spiro atoms. The predicted molar refractivity (Wildman–Crippen MR) is 107 cm³/mol. The summed E-state index contributed by atoms with van der Waals surface area (Å²) in [6.45, 7) is 4.36. The van der Waals surface area contributed by atoms with Crippen LogP contribution in [-0.2, 0) is 11.3 Å². The first-order valence-corrected chi connectivity index (χ1v) is 9.50. The Morgan fingerprint density at radius 3 is 3.00 bits per heavy atom. The third-order valence-electron chi connectivity index (χ3n) is 5.25. The minimum Gasteiger partial charge on any atom is -0.333 e. The molecule has 1 aromatic carbocycles. The number of carbonyl (C=O) groups excluding carboxylic acids is 1. The monoisotopic (exact) mass is 377 g/mol. The van der Waals surface area contributed by atoms with Crippen LogP contribution in [0.1, 0.15) is 23.6 Å². The van der Waals surface area contributed by atoms with Gasteiger partial charge >= 0.3 is 0 Å². The predicted octanol–water partition coefficient (Wildman–Crippen LogP) is 1.66. The van der Waals surface area contributed by atoms with Gasteiger partial charge in [-0.25, -0.2) is 4.98 Å². The molecule has 1 unspecified atom stereocenters. The first-order chi connectivity index (χ1) is 13.6. The summed E-state index contributed by atoms with van der Waals surface area (Å²) in [7, 11) is 0. The number of amides is 1. The smallest absolute Gasteiger partial charge is 0.261 e. The highest BCUT2D eigenvalue weighted by molar-refractivity contribution is 5.80. The Hall–Kier alpha value is -3.06. The number of hydrogen-bond donors (Lipinski definition) is 1. The fourth-order valence-corrected chi connectivity index (χ4v) is 3.73. The highest BCUT2D eigenvalue weighted by Gasteiger charge is 2.27. The second-order valence-corrected chi connectivity index (χ2v) is 7.06. The molecule has 4 rings (SSSR count). The number of nitrogens with zero attached hydrogens (tertiary/aromatic N) is 4. The SMILES string of the molecule is Cc1cccc2c(=O)n(CCC(=O)N3CCNCC3c3cccnc3)cnc12. The number of carbonyl (C=O) groups is 1. The van der Waals surface area contributed by atoms with E-state index in [2.05, 4.69) is 15.3 Å². The van der Waals surface area contributed by atoms with E-state index in [4.69, 9.17) is 0 Å². The van der Waals surface area contributed by atoms with Gasteiger partial charge in [0.15, 0.2) is 0 Å². The van der Waals surface area contributed by atoms with Crippen molar-refractivity contribution in [1.82, 2.24) is 24.8 Å². The molecular formula is C21H23N5O2. The Morgan fingerprint density at radius 1 is 1.29 bits per heavy atom. The van der Waals surface area contributed by atoms with Crippen molar-refractivity contribution >= 4 is 16.8 Å². The van der Waals surface area contributed by atoms with Crippen LogP contribution < -0.4 is 10.9 Å². The quantitative estimate of drug-likeness (QED) is 0.748. The molecule has 3 aromatic rings. The minimum atomic E-state index is -0.106. The summed E-state index contributed by atoms with van der Waals surface area (Å²) in [4.78, 5) is 36.1. The van der Waals surface area contributed by atoms with E-state index in [9.17, 15) is 9.59 Å². The summed E-state index contributed by atoms with van der Waals surface area (Å²) < 4.78 is 1.53. The third-order valence-corrected chi connectivity index (χ3v) is 5.25. The highest BCUT2D eigenvalue weighted by Crippen LogP contribution is 2.22. The molecule has 1 fully saturated rings. The van der Waals surface area contributed by atoms with Crippen LogP contribution in [0.2, 0.25) is 0 Å². The normalized spacial score (nSPS) is 17.0. The van der Waals surface area contributed by atoms with Crippen LogP contribution >= 0.6 is 0 Å². The molecule has 0 radical (unpaired) electrons. The molecule has 0 bridgehead atoms. The van der Waals surface area contributed by atoms with Gasteiger partial charge in [0.25, 0.3) is 5.56 Å². The number of aryl methyl sites for hydroxylation is 2. The van der Waals surface area contributed by atoms with Gasteiger partial charge in [-0.3, -0.25) is 19.1 Å². The van der Waals surface area contributed by atoms with Crippen LogP contribution in [0.5, 0.6) is 0 Å². The van der Waals surface area contributed by atoms with Crippen LogP contribution in [0.25, 0.3) is 10.9 Å². The van der Waals surface area contributed by atoms with Gasteiger partial charge in [-0.15, -0.1) is 0 Å². The Kier molecular flexibility index (Phi) is 5.16.